The highest BCUT2D eigenvalue weighted by Gasteiger charge is 2.43. The molecule has 1 N–H and O–H groups in total. The molecule has 5 rings (SSSR count). The minimum Gasteiger partial charge on any atom is -0.497 e. The third-order valence-electron chi connectivity index (χ3n) is 7.42. The van der Waals surface area contributed by atoms with E-state index in [2.05, 4.69) is 40.4 Å². The van der Waals surface area contributed by atoms with E-state index in [1.54, 1.807) is 7.11 Å². The van der Waals surface area contributed by atoms with Gasteiger partial charge in [0.25, 0.3) is 0 Å². The molecular weight excluding hydrogens is 444 g/mol. The van der Waals surface area contributed by atoms with Gasteiger partial charge in [0.15, 0.2) is 0 Å². The lowest BCUT2D eigenvalue weighted by Crippen LogP contribution is -2.58. The van der Waals surface area contributed by atoms with Crippen LogP contribution in [0.25, 0.3) is 16.5 Å². The average Bonchev–Trinajstić information content (AvgIpc) is 3.34. The summed E-state index contributed by atoms with van der Waals surface area (Å²) in [5, 5.41) is -0.0655. The zero-order valence-corrected chi connectivity index (χ0v) is 22.0. The Morgan fingerprint density at radius 3 is 2.58 bits per heavy atom. The number of carbonyl (C=O) groups is 1. The summed E-state index contributed by atoms with van der Waals surface area (Å²) in [6.07, 6.45) is 5.01. The highest BCUT2D eigenvalue weighted by molar-refractivity contribution is 6.39. The van der Waals surface area contributed by atoms with E-state index in [1.165, 1.54) is 10.9 Å². The average molecular weight is 479 g/mol. The number of methoxy groups -OCH3 is 1. The topological polar surface area (TPSA) is 48.6 Å². The van der Waals surface area contributed by atoms with Gasteiger partial charge in [0.1, 0.15) is 5.75 Å². The van der Waals surface area contributed by atoms with Crippen LogP contribution in [0.2, 0.25) is 0 Å². The van der Waals surface area contributed by atoms with Crippen molar-refractivity contribution in [3.63, 3.8) is 0 Å². The van der Waals surface area contributed by atoms with E-state index < -0.39 is 5.34 Å². The summed E-state index contributed by atoms with van der Waals surface area (Å²) in [7, 11) is 15.5. The Morgan fingerprint density at radius 1 is 1.17 bits per heavy atom. The number of aromatic nitrogens is 1. The minimum absolute atomic E-state index is 0.0455. The largest absolute Gasteiger partial charge is 0.497 e. The molecule has 2 aliphatic rings. The number of rotatable bonds is 6. The number of hydrogen-bond acceptors (Lipinski definition) is 3. The standard InChI is InChI=1S/C27H29B2N3O2.C2H6/c1-4-31(5-2)26(33)18-12-22-21-10-7-11-23-25(21)17(15-30-23)13-24(22)32(16-18)27(28,29)19-8-6-9-20(14-19)34-3;1-2/h6-12,14-15,18,24,30H,4-5,13,16H2,1-3H3;1-2H3. The van der Waals surface area contributed by atoms with Crippen molar-refractivity contribution in [2.45, 2.75) is 45.5 Å². The van der Waals surface area contributed by atoms with Crippen molar-refractivity contribution >= 4 is 38.1 Å². The first-order chi connectivity index (χ1) is 17.4. The van der Waals surface area contributed by atoms with E-state index in [1.807, 2.05) is 56.9 Å². The Bertz CT molecular complexity index is 1260. The lowest BCUT2D eigenvalue weighted by molar-refractivity contribution is -0.134. The van der Waals surface area contributed by atoms with Crippen LogP contribution in [-0.4, -0.2) is 69.2 Å². The first kappa shape index (κ1) is 26.2. The number of nitrogens with zero attached hydrogens (tertiary/aromatic N) is 2. The van der Waals surface area contributed by atoms with Gasteiger partial charge in [-0.2, -0.15) is 0 Å². The van der Waals surface area contributed by atoms with Crippen molar-refractivity contribution in [2.75, 3.05) is 26.7 Å². The third-order valence-corrected chi connectivity index (χ3v) is 7.42. The molecule has 2 heterocycles. The number of carbonyl (C=O) groups excluding carboxylic acids is 1. The van der Waals surface area contributed by atoms with Gasteiger partial charge in [-0.25, -0.2) is 0 Å². The molecule has 4 radical (unpaired) electrons. The smallest absolute Gasteiger partial charge is 0.230 e. The molecule has 5 nitrogen and oxygen atoms in total. The van der Waals surface area contributed by atoms with Gasteiger partial charge in [-0.1, -0.05) is 44.2 Å². The number of hydrogen-bond donors (Lipinski definition) is 1. The predicted octanol–water partition coefficient (Wildman–Crippen LogP) is 4.46. The van der Waals surface area contributed by atoms with Gasteiger partial charge >= 0.3 is 0 Å². The van der Waals surface area contributed by atoms with Gasteiger partial charge in [0, 0.05) is 42.8 Å². The van der Waals surface area contributed by atoms with Crippen molar-refractivity contribution < 1.29 is 9.53 Å². The maximum absolute atomic E-state index is 13.5. The molecule has 1 aromatic heterocycles. The number of aromatic amines is 1. The van der Waals surface area contributed by atoms with Gasteiger partial charge in [0.2, 0.25) is 5.91 Å². The Labute approximate surface area is 217 Å². The number of ether oxygens (including phenoxy) is 1. The summed E-state index contributed by atoms with van der Waals surface area (Å²) in [5.74, 6) is 0.469. The van der Waals surface area contributed by atoms with Crippen molar-refractivity contribution in [1.29, 1.82) is 0 Å². The quantitative estimate of drug-likeness (QED) is 0.532. The van der Waals surface area contributed by atoms with E-state index >= 15 is 0 Å². The highest BCUT2D eigenvalue weighted by Crippen LogP contribution is 2.44. The molecule has 3 aromatic rings. The fourth-order valence-corrected chi connectivity index (χ4v) is 5.61. The predicted molar refractivity (Wildman–Crippen MR) is 149 cm³/mol. The zero-order valence-electron chi connectivity index (χ0n) is 22.0. The van der Waals surface area contributed by atoms with Crippen LogP contribution in [0.15, 0.2) is 54.7 Å². The van der Waals surface area contributed by atoms with Crippen LogP contribution in [-0.2, 0) is 16.6 Å². The number of amides is 1. The maximum atomic E-state index is 13.5. The fraction of sp³-hybridized carbons (Fsp3) is 0.414. The van der Waals surface area contributed by atoms with E-state index in [4.69, 9.17) is 20.4 Å². The van der Waals surface area contributed by atoms with Gasteiger partial charge < -0.3 is 19.5 Å². The first-order valence-corrected chi connectivity index (χ1v) is 13.0. The molecule has 36 heavy (non-hydrogen) atoms. The van der Waals surface area contributed by atoms with Crippen molar-refractivity contribution in [1.82, 2.24) is 14.8 Å². The van der Waals surface area contributed by atoms with Crippen LogP contribution in [0.4, 0.5) is 0 Å². The molecule has 1 aliphatic heterocycles. The van der Waals surface area contributed by atoms with Crippen LogP contribution < -0.4 is 4.74 Å². The van der Waals surface area contributed by atoms with Crippen molar-refractivity contribution in [3.05, 3.63) is 71.4 Å². The second kappa shape index (κ2) is 10.6. The molecule has 0 saturated carbocycles. The molecular formula is C29H35B2N3O2. The second-order valence-electron chi connectivity index (χ2n) is 9.21. The molecule has 184 valence electrons. The molecule has 2 aromatic carbocycles. The van der Waals surface area contributed by atoms with Crippen LogP contribution >= 0.6 is 0 Å². The first-order valence-electron chi connectivity index (χ1n) is 13.0. The van der Waals surface area contributed by atoms with E-state index in [9.17, 15) is 4.79 Å². The third kappa shape index (κ3) is 4.39. The normalized spacial score (nSPS) is 19.1. The molecule has 1 aliphatic carbocycles. The van der Waals surface area contributed by atoms with Crippen LogP contribution in [0.5, 0.6) is 5.75 Å². The molecule has 7 heteroatoms. The SMILES string of the molecule is CC.[B]C([B])(c1cccc(OC)c1)N1CC(C(=O)N(CC)CC)C=C2c3cccc4[nH]cc(c34)CC21. The van der Waals surface area contributed by atoms with Gasteiger partial charge in [-0.15, -0.1) is 0 Å². The van der Waals surface area contributed by atoms with Crippen LogP contribution in [0.1, 0.15) is 44.4 Å². The van der Waals surface area contributed by atoms with Gasteiger partial charge in [-0.05, 0) is 66.1 Å². The van der Waals surface area contributed by atoms with Crippen molar-refractivity contribution in [2.24, 2.45) is 5.92 Å². The fourth-order valence-electron chi connectivity index (χ4n) is 5.61. The minimum atomic E-state index is -1.29. The Balaban J connectivity index is 0.00000148. The molecule has 0 bridgehead atoms. The number of nitrogens with one attached hydrogen (secondary N) is 1. The summed E-state index contributed by atoms with van der Waals surface area (Å²) in [4.78, 5) is 20.9. The van der Waals surface area contributed by atoms with Crippen molar-refractivity contribution in [3.8, 4) is 5.75 Å². The Kier molecular flexibility index (Phi) is 7.70. The molecule has 0 fully saturated rings. The number of benzene rings is 2. The molecule has 2 atom stereocenters. The Morgan fingerprint density at radius 2 is 1.89 bits per heavy atom. The number of fused-ring (bicyclic) bond motifs is 2. The highest BCUT2D eigenvalue weighted by atomic mass is 16.5. The second-order valence-corrected chi connectivity index (χ2v) is 9.21. The van der Waals surface area contributed by atoms with E-state index in [-0.39, 0.29) is 17.9 Å². The molecule has 0 saturated heterocycles. The van der Waals surface area contributed by atoms with E-state index in [0.717, 1.165) is 28.6 Å². The van der Waals surface area contributed by atoms with E-state index in [0.29, 0.717) is 25.4 Å². The molecule has 2 unspecified atom stereocenters. The summed E-state index contributed by atoms with van der Waals surface area (Å²) in [5.41, 5.74) is 5.37. The lowest BCUT2D eigenvalue weighted by Gasteiger charge is -2.51. The molecule has 0 spiro atoms. The lowest BCUT2D eigenvalue weighted by atomic mass is 9.55. The monoisotopic (exact) mass is 479 g/mol. The van der Waals surface area contributed by atoms with Crippen LogP contribution in [0.3, 0.4) is 0 Å². The summed E-state index contributed by atoms with van der Waals surface area (Å²) >= 11 is 0. The van der Waals surface area contributed by atoms with Gasteiger partial charge in [-0.3, -0.25) is 4.79 Å². The summed E-state index contributed by atoms with van der Waals surface area (Å²) in [6.45, 7) is 9.81. The maximum Gasteiger partial charge on any atom is 0.230 e. The summed E-state index contributed by atoms with van der Waals surface area (Å²) in [6, 6.07) is 13.8. The van der Waals surface area contributed by atoms with Crippen LogP contribution in [0, 0.1) is 5.92 Å². The molecule has 1 amide bonds. The number of H-pyrrole nitrogens is 1. The summed E-state index contributed by atoms with van der Waals surface area (Å²) < 4.78 is 5.43. The van der Waals surface area contributed by atoms with Gasteiger partial charge in [0.05, 0.1) is 28.7 Å². The Hall–Kier alpha value is -2.92. The zero-order chi connectivity index (χ0) is 26.0.